The number of hydrogen-bond acceptors (Lipinski definition) is 3. The fraction of sp³-hybridized carbons (Fsp3) is 0.538. The Bertz CT molecular complexity index is 361. The lowest BCUT2D eigenvalue weighted by atomic mass is 9.79. The van der Waals surface area contributed by atoms with Gasteiger partial charge < -0.3 is 14.9 Å². The summed E-state index contributed by atoms with van der Waals surface area (Å²) in [6, 6.07) is 7.42. The highest BCUT2D eigenvalue weighted by atomic mass is 16.4. The summed E-state index contributed by atoms with van der Waals surface area (Å²) in [5.41, 5.74) is 1.91. The zero-order valence-corrected chi connectivity index (χ0v) is 11.1. The molecule has 0 saturated heterocycles. The van der Waals surface area contributed by atoms with Crippen LogP contribution in [0.4, 0.5) is 0 Å². The van der Waals surface area contributed by atoms with Crippen molar-refractivity contribution in [3.63, 3.8) is 0 Å². The third-order valence-electron chi connectivity index (χ3n) is 2.45. The van der Waals surface area contributed by atoms with E-state index in [9.17, 15) is 0 Å². The van der Waals surface area contributed by atoms with Crippen LogP contribution in [0.1, 0.15) is 26.3 Å². The van der Waals surface area contributed by atoms with E-state index in [1.54, 1.807) is 6.07 Å². The minimum Gasteiger partial charge on any atom is -0.423 e. The van der Waals surface area contributed by atoms with Gasteiger partial charge in [-0.15, -0.1) is 0 Å². The van der Waals surface area contributed by atoms with Crippen molar-refractivity contribution >= 4 is 12.6 Å². The maximum absolute atomic E-state index is 9.11. The van der Waals surface area contributed by atoms with Crippen LogP contribution < -0.4 is 5.46 Å². The topological polar surface area (TPSA) is 43.7 Å². The van der Waals surface area contributed by atoms with Crippen LogP contribution in [-0.2, 0) is 6.54 Å². The summed E-state index contributed by atoms with van der Waals surface area (Å²) in [7, 11) is 0.690. The van der Waals surface area contributed by atoms with Crippen molar-refractivity contribution in [1.82, 2.24) is 4.90 Å². The number of rotatable bonds is 4. The zero-order valence-electron chi connectivity index (χ0n) is 11.1. The molecule has 3 nitrogen and oxygen atoms in total. The van der Waals surface area contributed by atoms with Gasteiger partial charge in [-0.25, -0.2) is 0 Å². The van der Waals surface area contributed by atoms with Gasteiger partial charge >= 0.3 is 7.12 Å². The number of benzene rings is 1. The van der Waals surface area contributed by atoms with Crippen molar-refractivity contribution in [2.45, 2.75) is 27.3 Å². The molecule has 1 aromatic carbocycles. The molecule has 17 heavy (non-hydrogen) atoms. The molecule has 0 amide bonds. The maximum Gasteiger partial charge on any atom is 0.488 e. The van der Waals surface area contributed by atoms with Crippen LogP contribution in [0.25, 0.3) is 0 Å². The lowest BCUT2D eigenvalue weighted by Crippen LogP contribution is -2.32. The Balaban J connectivity index is 2.65. The van der Waals surface area contributed by atoms with Crippen LogP contribution in [0, 0.1) is 5.41 Å². The van der Waals surface area contributed by atoms with E-state index in [4.69, 9.17) is 10.0 Å². The molecule has 1 rings (SSSR count). The molecular weight excluding hydrogens is 213 g/mol. The summed E-state index contributed by atoms with van der Waals surface area (Å²) in [6.07, 6.45) is 0. The molecule has 0 fully saturated rings. The molecule has 0 aliphatic heterocycles. The lowest BCUT2D eigenvalue weighted by Gasteiger charge is -2.26. The molecule has 0 bridgehead atoms. The Kier molecular flexibility index (Phi) is 4.75. The fourth-order valence-corrected chi connectivity index (χ4v) is 2.03. The predicted molar refractivity (Wildman–Crippen MR) is 72.1 cm³/mol. The molecule has 0 aliphatic carbocycles. The molecule has 0 aliphatic rings. The first kappa shape index (κ1) is 14.2. The fourth-order valence-electron chi connectivity index (χ4n) is 2.03. The van der Waals surface area contributed by atoms with E-state index >= 15 is 0 Å². The van der Waals surface area contributed by atoms with Crippen LogP contribution in [0.5, 0.6) is 0 Å². The average molecular weight is 235 g/mol. The quantitative estimate of drug-likeness (QED) is 0.760. The second-order valence-corrected chi connectivity index (χ2v) is 5.85. The molecule has 0 aromatic heterocycles. The second kappa shape index (κ2) is 5.67. The SMILES string of the molecule is CN(Cc1cccc(B(O)O)c1)CC(C)(C)C. The first-order valence-electron chi connectivity index (χ1n) is 5.91. The van der Waals surface area contributed by atoms with Gasteiger partial charge in [0.05, 0.1) is 0 Å². The highest BCUT2D eigenvalue weighted by Gasteiger charge is 2.15. The van der Waals surface area contributed by atoms with Crippen LogP contribution in [0.3, 0.4) is 0 Å². The van der Waals surface area contributed by atoms with Gasteiger partial charge in [0.25, 0.3) is 0 Å². The Morgan fingerprint density at radius 1 is 1.24 bits per heavy atom. The largest absolute Gasteiger partial charge is 0.488 e. The molecule has 0 saturated carbocycles. The van der Waals surface area contributed by atoms with Crippen molar-refractivity contribution in [2.24, 2.45) is 5.41 Å². The molecule has 94 valence electrons. The normalized spacial score (nSPS) is 11.9. The summed E-state index contributed by atoms with van der Waals surface area (Å²) in [6.45, 7) is 8.43. The molecule has 0 radical (unpaired) electrons. The van der Waals surface area contributed by atoms with Gasteiger partial charge in [0.2, 0.25) is 0 Å². The monoisotopic (exact) mass is 235 g/mol. The van der Waals surface area contributed by atoms with Crippen molar-refractivity contribution in [3.05, 3.63) is 29.8 Å². The van der Waals surface area contributed by atoms with Gasteiger partial charge in [0.15, 0.2) is 0 Å². The smallest absolute Gasteiger partial charge is 0.423 e. The molecular formula is C13H22BNO2. The van der Waals surface area contributed by atoms with Gasteiger partial charge in [-0.05, 0) is 23.5 Å². The van der Waals surface area contributed by atoms with Crippen LogP contribution in [-0.4, -0.2) is 35.7 Å². The van der Waals surface area contributed by atoms with Gasteiger partial charge in [0, 0.05) is 13.1 Å². The molecule has 0 heterocycles. The van der Waals surface area contributed by atoms with Crippen LogP contribution >= 0.6 is 0 Å². The summed E-state index contributed by atoms with van der Waals surface area (Å²) < 4.78 is 0. The van der Waals surface area contributed by atoms with E-state index in [1.807, 2.05) is 18.2 Å². The van der Waals surface area contributed by atoms with Gasteiger partial charge in [-0.3, -0.25) is 0 Å². The average Bonchev–Trinajstić information content (AvgIpc) is 2.14. The summed E-state index contributed by atoms with van der Waals surface area (Å²) in [5, 5.41) is 18.2. The first-order chi connectivity index (χ1) is 7.78. The van der Waals surface area contributed by atoms with Crippen LogP contribution in [0.2, 0.25) is 0 Å². The predicted octanol–water partition coefficient (Wildman–Crippen LogP) is 0.844. The van der Waals surface area contributed by atoms with E-state index < -0.39 is 7.12 Å². The van der Waals surface area contributed by atoms with Crippen LogP contribution in [0.15, 0.2) is 24.3 Å². The first-order valence-corrected chi connectivity index (χ1v) is 5.91. The summed E-state index contributed by atoms with van der Waals surface area (Å²) in [5.74, 6) is 0. The Morgan fingerprint density at radius 3 is 2.41 bits per heavy atom. The van der Waals surface area contributed by atoms with Gasteiger partial charge in [0.1, 0.15) is 0 Å². The van der Waals surface area contributed by atoms with Gasteiger partial charge in [-0.1, -0.05) is 45.0 Å². The van der Waals surface area contributed by atoms with E-state index in [1.165, 1.54) is 0 Å². The molecule has 2 N–H and O–H groups in total. The van der Waals surface area contributed by atoms with Gasteiger partial charge in [-0.2, -0.15) is 0 Å². The Morgan fingerprint density at radius 2 is 1.88 bits per heavy atom. The Hall–Kier alpha value is -0.835. The minimum absolute atomic E-state index is 0.267. The summed E-state index contributed by atoms with van der Waals surface area (Å²) >= 11 is 0. The van der Waals surface area contributed by atoms with Crippen molar-refractivity contribution in [1.29, 1.82) is 0 Å². The molecule has 0 unspecified atom stereocenters. The van der Waals surface area contributed by atoms with Crippen molar-refractivity contribution in [2.75, 3.05) is 13.6 Å². The van der Waals surface area contributed by atoms with E-state index in [0.717, 1.165) is 18.7 Å². The molecule has 1 aromatic rings. The van der Waals surface area contributed by atoms with E-state index in [2.05, 4.69) is 32.7 Å². The Labute approximate surface area is 104 Å². The number of hydrogen-bond donors (Lipinski definition) is 2. The minimum atomic E-state index is -1.39. The highest BCUT2D eigenvalue weighted by molar-refractivity contribution is 6.58. The maximum atomic E-state index is 9.11. The summed E-state index contributed by atoms with van der Waals surface area (Å²) in [4.78, 5) is 2.24. The third kappa shape index (κ3) is 5.35. The molecule has 0 atom stereocenters. The second-order valence-electron chi connectivity index (χ2n) is 5.85. The zero-order chi connectivity index (χ0) is 13.1. The third-order valence-corrected chi connectivity index (χ3v) is 2.45. The molecule has 4 heteroatoms. The number of nitrogens with zero attached hydrogens (tertiary/aromatic N) is 1. The van der Waals surface area contributed by atoms with E-state index in [0.29, 0.717) is 5.46 Å². The van der Waals surface area contributed by atoms with E-state index in [-0.39, 0.29) is 5.41 Å². The van der Waals surface area contributed by atoms with Crippen molar-refractivity contribution < 1.29 is 10.0 Å². The standard InChI is InChI=1S/C13H22BNO2/c1-13(2,3)10-15(4)9-11-6-5-7-12(8-11)14(16)17/h5-8,16-17H,9-10H2,1-4H3. The lowest BCUT2D eigenvalue weighted by molar-refractivity contribution is 0.221. The highest BCUT2D eigenvalue weighted by Crippen LogP contribution is 2.15. The molecule has 0 spiro atoms. The van der Waals surface area contributed by atoms with Crippen molar-refractivity contribution in [3.8, 4) is 0 Å².